The number of hydrogen-bond donors (Lipinski definition) is 2. The molecule has 4 nitrogen and oxygen atoms in total. The van der Waals surface area contributed by atoms with Gasteiger partial charge in [-0.25, -0.2) is 4.79 Å². The highest BCUT2D eigenvalue weighted by Gasteiger charge is 2.41. The first kappa shape index (κ1) is 15.9. The Morgan fingerprint density at radius 1 is 1.05 bits per heavy atom. The van der Waals surface area contributed by atoms with Gasteiger partial charge in [-0.05, 0) is 12.1 Å². The van der Waals surface area contributed by atoms with Gasteiger partial charge in [0.25, 0.3) is 5.92 Å². The summed E-state index contributed by atoms with van der Waals surface area (Å²) in [6.07, 6.45) is -5.25. The summed E-state index contributed by atoms with van der Waals surface area (Å²) in [6, 6.07) is 3.31. The van der Waals surface area contributed by atoms with Gasteiger partial charge in [-0.1, -0.05) is 12.1 Å². The second-order valence-corrected chi connectivity index (χ2v) is 3.77. The minimum atomic E-state index is -5.25. The van der Waals surface area contributed by atoms with Crippen molar-refractivity contribution < 1.29 is 36.6 Å². The fourth-order valence-corrected chi connectivity index (χ4v) is 1.25. The SMILES string of the molecule is O=C(O)c1ccc(C(F)(F)CNC(=O)C(F)(F)F)cc1. The van der Waals surface area contributed by atoms with Gasteiger partial charge < -0.3 is 10.4 Å². The molecule has 0 aromatic heterocycles. The van der Waals surface area contributed by atoms with E-state index in [-0.39, 0.29) is 5.56 Å². The van der Waals surface area contributed by atoms with Gasteiger partial charge in [-0.2, -0.15) is 22.0 Å². The molecular weight excluding hydrogens is 289 g/mol. The summed E-state index contributed by atoms with van der Waals surface area (Å²) < 4.78 is 62.6. The quantitative estimate of drug-likeness (QED) is 0.837. The molecule has 2 N–H and O–H groups in total. The molecule has 0 unspecified atom stereocenters. The lowest BCUT2D eigenvalue weighted by molar-refractivity contribution is -0.175. The van der Waals surface area contributed by atoms with Gasteiger partial charge in [0.1, 0.15) is 0 Å². The first-order valence-electron chi connectivity index (χ1n) is 5.11. The van der Waals surface area contributed by atoms with Crippen molar-refractivity contribution in [2.24, 2.45) is 0 Å². The third kappa shape index (κ3) is 3.90. The molecule has 0 saturated carbocycles. The predicted octanol–water partition coefficient (Wildman–Crippen LogP) is 2.16. The van der Waals surface area contributed by atoms with Crippen molar-refractivity contribution in [3.8, 4) is 0 Å². The van der Waals surface area contributed by atoms with Crippen LogP contribution in [0.2, 0.25) is 0 Å². The lowest BCUT2D eigenvalue weighted by Gasteiger charge is -2.18. The number of carboxylic acids is 1. The van der Waals surface area contributed by atoms with Crippen LogP contribution < -0.4 is 5.32 Å². The first-order chi connectivity index (χ1) is 9.04. The lowest BCUT2D eigenvalue weighted by atomic mass is 10.1. The van der Waals surface area contributed by atoms with Gasteiger partial charge in [-0.15, -0.1) is 0 Å². The Hall–Kier alpha value is -2.19. The van der Waals surface area contributed by atoms with Crippen LogP contribution >= 0.6 is 0 Å². The molecule has 0 spiro atoms. The van der Waals surface area contributed by atoms with E-state index in [2.05, 4.69) is 0 Å². The Morgan fingerprint density at radius 2 is 1.55 bits per heavy atom. The molecule has 1 amide bonds. The number of benzene rings is 1. The van der Waals surface area contributed by atoms with Crippen molar-refractivity contribution >= 4 is 11.9 Å². The molecule has 0 fully saturated rings. The van der Waals surface area contributed by atoms with E-state index >= 15 is 0 Å². The van der Waals surface area contributed by atoms with E-state index in [4.69, 9.17) is 5.11 Å². The minimum Gasteiger partial charge on any atom is -0.478 e. The summed E-state index contributed by atoms with van der Waals surface area (Å²) in [6.45, 7) is -1.54. The number of nitrogens with one attached hydrogen (secondary N) is 1. The second kappa shape index (κ2) is 5.43. The number of carboxylic acid groups (broad SMARTS) is 1. The van der Waals surface area contributed by atoms with Gasteiger partial charge >= 0.3 is 18.1 Å². The average molecular weight is 297 g/mol. The molecule has 20 heavy (non-hydrogen) atoms. The Kier molecular flexibility index (Phi) is 4.31. The molecule has 0 saturated heterocycles. The van der Waals surface area contributed by atoms with Crippen LogP contribution in [0.1, 0.15) is 15.9 Å². The fraction of sp³-hybridized carbons (Fsp3) is 0.273. The Bertz CT molecular complexity index is 510. The predicted molar refractivity (Wildman–Crippen MR) is 56.4 cm³/mol. The van der Waals surface area contributed by atoms with Crippen molar-refractivity contribution in [1.82, 2.24) is 5.32 Å². The zero-order valence-electron chi connectivity index (χ0n) is 9.67. The normalized spacial score (nSPS) is 12.1. The largest absolute Gasteiger partial charge is 0.478 e. The number of aromatic carboxylic acids is 1. The van der Waals surface area contributed by atoms with Crippen LogP contribution in [0.25, 0.3) is 0 Å². The third-order valence-electron chi connectivity index (χ3n) is 2.28. The minimum absolute atomic E-state index is 0.246. The van der Waals surface area contributed by atoms with Crippen LogP contribution in [-0.4, -0.2) is 29.7 Å². The van der Waals surface area contributed by atoms with Crippen LogP contribution in [0.4, 0.5) is 22.0 Å². The number of alkyl halides is 5. The van der Waals surface area contributed by atoms with E-state index in [0.717, 1.165) is 29.6 Å². The number of halogens is 5. The van der Waals surface area contributed by atoms with Gasteiger partial charge in [0, 0.05) is 5.56 Å². The zero-order chi connectivity index (χ0) is 15.6. The number of amides is 1. The van der Waals surface area contributed by atoms with E-state index in [9.17, 15) is 31.5 Å². The molecule has 0 atom stereocenters. The summed E-state index contributed by atoms with van der Waals surface area (Å²) in [7, 11) is 0. The van der Waals surface area contributed by atoms with E-state index in [0.29, 0.717) is 0 Å². The van der Waals surface area contributed by atoms with Crippen LogP contribution in [0.5, 0.6) is 0 Å². The molecule has 1 aromatic carbocycles. The van der Waals surface area contributed by atoms with Gasteiger partial charge in [0.05, 0.1) is 12.1 Å². The van der Waals surface area contributed by atoms with E-state index < -0.39 is 36.1 Å². The molecule has 0 aliphatic rings. The van der Waals surface area contributed by atoms with Crippen molar-refractivity contribution in [2.75, 3.05) is 6.54 Å². The Labute approximate surface area is 109 Å². The van der Waals surface area contributed by atoms with Gasteiger partial charge in [0.2, 0.25) is 0 Å². The zero-order valence-corrected chi connectivity index (χ0v) is 9.67. The van der Waals surface area contributed by atoms with Crippen LogP contribution in [0.15, 0.2) is 24.3 Å². The van der Waals surface area contributed by atoms with Crippen molar-refractivity contribution in [3.05, 3.63) is 35.4 Å². The van der Waals surface area contributed by atoms with Gasteiger partial charge in [0.15, 0.2) is 0 Å². The molecule has 9 heteroatoms. The van der Waals surface area contributed by atoms with Gasteiger partial charge in [-0.3, -0.25) is 4.79 Å². The standard InChI is InChI=1S/C11H8F5NO3/c12-10(13,5-17-9(20)11(14,15)16)7-3-1-6(2-4-7)8(18)19/h1-4H,5H2,(H,17,20)(H,18,19). The first-order valence-corrected chi connectivity index (χ1v) is 5.11. The molecule has 0 aliphatic heterocycles. The summed E-state index contributed by atoms with van der Waals surface area (Å²) in [4.78, 5) is 21.0. The maximum absolute atomic E-state index is 13.5. The van der Waals surface area contributed by atoms with E-state index in [1.54, 1.807) is 0 Å². The van der Waals surface area contributed by atoms with E-state index in [1.807, 2.05) is 0 Å². The number of carbonyl (C=O) groups excluding carboxylic acids is 1. The summed E-state index contributed by atoms with van der Waals surface area (Å²) in [5.41, 5.74) is -0.950. The van der Waals surface area contributed by atoms with Crippen LogP contribution in [0, 0.1) is 0 Å². The average Bonchev–Trinajstić information content (AvgIpc) is 2.35. The Balaban J connectivity index is 2.78. The fourth-order valence-electron chi connectivity index (χ4n) is 1.25. The molecule has 0 radical (unpaired) electrons. The molecule has 0 bridgehead atoms. The molecule has 110 valence electrons. The summed E-state index contributed by atoms with van der Waals surface area (Å²) in [5, 5.41) is 9.64. The van der Waals surface area contributed by atoms with Crippen LogP contribution in [0.3, 0.4) is 0 Å². The highest BCUT2D eigenvalue weighted by atomic mass is 19.4. The van der Waals surface area contributed by atoms with Crippen molar-refractivity contribution in [1.29, 1.82) is 0 Å². The smallest absolute Gasteiger partial charge is 0.471 e. The summed E-state index contributed by atoms with van der Waals surface area (Å²) in [5.74, 6) is -7.55. The number of rotatable bonds is 4. The lowest BCUT2D eigenvalue weighted by Crippen LogP contribution is -2.42. The highest BCUT2D eigenvalue weighted by molar-refractivity contribution is 5.87. The van der Waals surface area contributed by atoms with Crippen LogP contribution in [-0.2, 0) is 10.7 Å². The number of hydrogen-bond acceptors (Lipinski definition) is 2. The molecule has 0 heterocycles. The number of carbonyl (C=O) groups is 2. The maximum Gasteiger partial charge on any atom is 0.471 e. The molecular formula is C11H8F5NO3. The van der Waals surface area contributed by atoms with Crippen molar-refractivity contribution in [2.45, 2.75) is 12.1 Å². The van der Waals surface area contributed by atoms with E-state index in [1.165, 1.54) is 0 Å². The maximum atomic E-state index is 13.5. The molecule has 0 aliphatic carbocycles. The topological polar surface area (TPSA) is 66.4 Å². The second-order valence-electron chi connectivity index (χ2n) is 3.77. The highest BCUT2D eigenvalue weighted by Crippen LogP contribution is 2.27. The van der Waals surface area contributed by atoms with Crippen molar-refractivity contribution in [3.63, 3.8) is 0 Å². The third-order valence-corrected chi connectivity index (χ3v) is 2.28. The molecule has 1 aromatic rings. The molecule has 1 rings (SSSR count). The Morgan fingerprint density at radius 3 is 1.95 bits per heavy atom. The summed E-state index contributed by atoms with van der Waals surface area (Å²) >= 11 is 0. The monoisotopic (exact) mass is 297 g/mol.